The minimum atomic E-state index is 0. The Hall–Kier alpha value is -0.410. The van der Waals surface area contributed by atoms with Gasteiger partial charge in [0.1, 0.15) is 5.01 Å². The maximum atomic E-state index is 4.84. The molecule has 0 radical (unpaired) electrons. The zero-order chi connectivity index (χ0) is 16.1. The molecule has 2 saturated heterocycles. The van der Waals surface area contributed by atoms with Crippen LogP contribution in [0.3, 0.4) is 0 Å². The number of likely N-dealkylation sites (tertiary alicyclic amines) is 2. The van der Waals surface area contributed by atoms with Crippen LogP contribution in [0.1, 0.15) is 43.0 Å². The molecule has 0 aromatic carbocycles. The molecule has 1 aromatic rings. The number of rotatable bonds is 5. The number of thiazole rings is 1. The third-order valence-corrected chi connectivity index (χ3v) is 5.90. The summed E-state index contributed by atoms with van der Waals surface area (Å²) in [6.07, 6.45) is 7.05. The standard InChI is InChI=1S/C17H29N5S.HI/c1-3-15-11-19-16(23-15)12-20-17(18-4-2)22-10-7-14(13-22)21-8-5-6-9-21;/h11,14H,3-10,12-13H2,1-2H3,(H,18,20);1H. The lowest BCUT2D eigenvalue weighted by Gasteiger charge is -2.25. The van der Waals surface area contributed by atoms with E-state index in [1.165, 1.54) is 37.2 Å². The number of aliphatic imine (C=N–C) groups is 1. The zero-order valence-electron chi connectivity index (χ0n) is 14.8. The maximum Gasteiger partial charge on any atom is 0.194 e. The van der Waals surface area contributed by atoms with Gasteiger partial charge in [-0.3, -0.25) is 4.90 Å². The largest absolute Gasteiger partial charge is 0.357 e. The van der Waals surface area contributed by atoms with Gasteiger partial charge >= 0.3 is 0 Å². The summed E-state index contributed by atoms with van der Waals surface area (Å²) in [7, 11) is 0. The van der Waals surface area contributed by atoms with Gasteiger partial charge < -0.3 is 10.2 Å². The maximum absolute atomic E-state index is 4.84. The second-order valence-electron chi connectivity index (χ2n) is 6.38. The monoisotopic (exact) mass is 463 g/mol. The first kappa shape index (κ1) is 19.9. The van der Waals surface area contributed by atoms with Crippen LogP contribution in [0.25, 0.3) is 0 Å². The lowest BCUT2D eigenvalue weighted by Crippen LogP contribution is -2.42. The Bertz CT molecular complexity index is 527. The van der Waals surface area contributed by atoms with Crippen LogP contribution in [0.15, 0.2) is 11.2 Å². The third-order valence-electron chi connectivity index (χ3n) is 4.77. The highest BCUT2D eigenvalue weighted by Gasteiger charge is 2.30. The molecule has 1 unspecified atom stereocenters. The van der Waals surface area contributed by atoms with Gasteiger partial charge in [0.15, 0.2) is 5.96 Å². The molecule has 2 aliphatic heterocycles. The fourth-order valence-corrected chi connectivity index (χ4v) is 4.28. The smallest absolute Gasteiger partial charge is 0.194 e. The average Bonchev–Trinajstić information content (AvgIpc) is 3.32. The molecule has 2 aliphatic rings. The van der Waals surface area contributed by atoms with Crippen molar-refractivity contribution >= 4 is 41.3 Å². The number of nitrogens with one attached hydrogen (secondary N) is 1. The number of aryl methyl sites for hydroxylation is 1. The summed E-state index contributed by atoms with van der Waals surface area (Å²) in [6.45, 7) is 10.7. The highest BCUT2D eigenvalue weighted by molar-refractivity contribution is 14.0. The van der Waals surface area contributed by atoms with Crippen LogP contribution >= 0.6 is 35.3 Å². The van der Waals surface area contributed by atoms with Crippen molar-refractivity contribution in [3.05, 3.63) is 16.1 Å². The SMILES string of the molecule is CCNC(=NCc1ncc(CC)s1)N1CCC(N2CCCC2)C1.I. The van der Waals surface area contributed by atoms with Gasteiger partial charge in [0.2, 0.25) is 0 Å². The first-order valence-corrected chi connectivity index (χ1v) is 9.82. The normalized spacial score (nSPS) is 22.0. The van der Waals surface area contributed by atoms with Crippen LogP contribution in [-0.2, 0) is 13.0 Å². The van der Waals surface area contributed by atoms with Crippen molar-refractivity contribution in [2.24, 2.45) is 4.99 Å². The van der Waals surface area contributed by atoms with Crippen molar-refractivity contribution < 1.29 is 0 Å². The predicted octanol–water partition coefficient (Wildman–Crippen LogP) is 2.96. The van der Waals surface area contributed by atoms with E-state index in [0.29, 0.717) is 12.6 Å². The fourth-order valence-electron chi connectivity index (χ4n) is 3.49. The Morgan fingerprint density at radius 1 is 1.33 bits per heavy atom. The van der Waals surface area contributed by atoms with E-state index in [1.807, 2.05) is 6.20 Å². The molecule has 3 heterocycles. The summed E-state index contributed by atoms with van der Waals surface area (Å²) in [5, 5.41) is 4.58. The second kappa shape index (κ2) is 9.91. The molecule has 5 nitrogen and oxygen atoms in total. The Balaban J connectivity index is 0.00000208. The van der Waals surface area contributed by atoms with E-state index >= 15 is 0 Å². The first-order chi connectivity index (χ1) is 11.3. The molecule has 1 aromatic heterocycles. The topological polar surface area (TPSA) is 43.8 Å². The summed E-state index contributed by atoms with van der Waals surface area (Å²) in [5.41, 5.74) is 0. The Morgan fingerprint density at radius 3 is 2.79 bits per heavy atom. The molecule has 7 heteroatoms. The molecule has 3 rings (SSSR count). The van der Waals surface area contributed by atoms with Gasteiger partial charge in [-0.05, 0) is 45.7 Å². The Labute approximate surface area is 166 Å². The molecule has 2 fully saturated rings. The van der Waals surface area contributed by atoms with Gasteiger partial charge in [0.05, 0.1) is 6.54 Å². The van der Waals surface area contributed by atoms with E-state index in [2.05, 4.69) is 33.9 Å². The number of aromatic nitrogens is 1. The fraction of sp³-hybridized carbons (Fsp3) is 0.765. The van der Waals surface area contributed by atoms with Crippen LogP contribution in [0.4, 0.5) is 0 Å². The van der Waals surface area contributed by atoms with E-state index in [0.717, 1.165) is 37.0 Å². The summed E-state index contributed by atoms with van der Waals surface area (Å²) < 4.78 is 0. The van der Waals surface area contributed by atoms with Crippen LogP contribution in [0.5, 0.6) is 0 Å². The number of guanidine groups is 1. The number of nitrogens with zero attached hydrogens (tertiary/aromatic N) is 4. The van der Waals surface area contributed by atoms with Crippen LogP contribution < -0.4 is 5.32 Å². The van der Waals surface area contributed by atoms with E-state index in [4.69, 9.17) is 4.99 Å². The van der Waals surface area contributed by atoms with Gasteiger partial charge in [0, 0.05) is 36.8 Å². The van der Waals surface area contributed by atoms with Gasteiger partial charge in [-0.1, -0.05) is 6.92 Å². The van der Waals surface area contributed by atoms with E-state index in [1.54, 1.807) is 11.3 Å². The van der Waals surface area contributed by atoms with Gasteiger partial charge in [-0.2, -0.15) is 0 Å². The van der Waals surface area contributed by atoms with E-state index in [-0.39, 0.29) is 24.0 Å². The molecule has 0 spiro atoms. The summed E-state index contributed by atoms with van der Waals surface area (Å²) >= 11 is 1.78. The number of hydrogen-bond donors (Lipinski definition) is 1. The highest BCUT2D eigenvalue weighted by Crippen LogP contribution is 2.21. The Kier molecular flexibility index (Phi) is 8.22. The lowest BCUT2D eigenvalue weighted by molar-refractivity contribution is 0.249. The quantitative estimate of drug-likeness (QED) is 0.415. The van der Waals surface area contributed by atoms with Crippen molar-refractivity contribution in [2.75, 3.05) is 32.7 Å². The zero-order valence-corrected chi connectivity index (χ0v) is 18.0. The second-order valence-corrected chi connectivity index (χ2v) is 7.58. The summed E-state index contributed by atoms with van der Waals surface area (Å²) in [5.74, 6) is 1.06. The molecule has 136 valence electrons. The molecule has 24 heavy (non-hydrogen) atoms. The highest BCUT2D eigenvalue weighted by atomic mass is 127. The minimum Gasteiger partial charge on any atom is -0.357 e. The van der Waals surface area contributed by atoms with Crippen molar-refractivity contribution in [1.29, 1.82) is 0 Å². The van der Waals surface area contributed by atoms with Gasteiger partial charge in [0.25, 0.3) is 0 Å². The molecule has 1 atom stereocenters. The minimum absolute atomic E-state index is 0. The van der Waals surface area contributed by atoms with Crippen LogP contribution in [-0.4, -0.2) is 59.5 Å². The molecule has 0 aliphatic carbocycles. The first-order valence-electron chi connectivity index (χ1n) is 9.01. The number of halogens is 1. The van der Waals surface area contributed by atoms with Crippen LogP contribution in [0, 0.1) is 0 Å². The van der Waals surface area contributed by atoms with Crippen LogP contribution in [0.2, 0.25) is 0 Å². The molecular weight excluding hydrogens is 433 g/mol. The Morgan fingerprint density at radius 2 is 2.12 bits per heavy atom. The molecule has 0 amide bonds. The van der Waals surface area contributed by atoms with E-state index < -0.39 is 0 Å². The number of hydrogen-bond acceptors (Lipinski definition) is 4. The molecule has 1 N–H and O–H groups in total. The predicted molar refractivity (Wildman–Crippen MR) is 113 cm³/mol. The molecular formula is C17H30IN5S. The molecule has 0 saturated carbocycles. The third kappa shape index (κ3) is 5.05. The lowest BCUT2D eigenvalue weighted by atomic mass is 10.2. The van der Waals surface area contributed by atoms with Crippen molar-refractivity contribution in [3.63, 3.8) is 0 Å². The summed E-state index contributed by atoms with van der Waals surface area (Å²) in [4.78, 5) is 15.8. The summed E-state index contributed by atoms with van der Waals surface area (Å²) in [6, 6.07) is 0.716. The van der Waals surface area contributed by atoms with Gasteiger partial charge in [-0.25, -0.2) is 9.98 Å². The van der Waals surface area contributed by atoms with Crippen molar-refractivity contribution in [2.45, 2.75) is 52.1 Å². The average molecular weight is 463 g/mol. The van der Waals surface area contributed by atoms with Crippen molar-refractivity contribution in [3.8, 4) is 0 Å². The van der Waals surface area contributed by atoms with E-state index in [9.17, 15) is 0 Å². The molecule has 0 bridgehead atoms. The van der Waals surface area contributed by atoms with Gasteiger partial charge in [-0.15, -0.1) is 35.3 Å². The van der Waals surface area contributed by atoms with Crippen molar-refractivity contribution in [1.82, 2.24) is 20.1 Å².